The van der Waals surface area contributed by atoms with Crippen molar-refractivity contribution in [2.75, 3.05) is 13.2 Å². The molecule has 0 radical (unpaired) electrons. The Hall–Kier alpha value is -1.03. The number of phosphoric ester groups is 1. The zero-order chi connectivity index (χ0) is 14.3. The molecule has 18 heavy (non-hydrogen) atoms. The number of hydrogen-bond donors (Lipinski definition) is 5. The molecule has 0 aliphatic heterocycles. The summed E-state index contributed by atoms with van der Waals surface area (Å²) < 4.78 is 14.1. The number of Topliss-reactive ketones (excluding diaryl/α,β-unsaturated/α-hetero) is 1. The highest BCUT2D eigenvalue weighted by Gasteiger charge is 2.30. The summed E-state index contributed by atoms with van der Waals surface area (Å²) in [5, 5.41) is 30.4. The molecular weight excluding hydrogens is 273 g/mol. The first-order valence-electron chi connectivity index (χ1n) is 4.48. The minimum Gasteiger partial charge on any atom is -0.390 e. The quantitative estimate of drug-likeness (QED) is 0.147. The Bertz CT molecular complexity index is 377. The van der Waals surface area contributed by atoms with Gasteiger partial charge < -0.3 is 25.1 Å². The maximum Gasteiger partial charge on any atom is 0.469 e. The third-order valence-electron chi connectivity index (χ3n) is 1.72. The highest BCUT2D eigenvalue weighted by molar-refractivity contribution is 7.46. The molecule has 0 heterocycles. The maximum atomic E-state index is 11.2. The maximum absolute atomic E-state index is 11.2. The van der Waals surface area contributed by atoms with Crippen LogP contribution in [0.25, 0.3) is 10.4 Å². The van der Waals surface area contributed by atoms with Gasteiger partial charge in [-0.25, -0.2) is 4.57 Å². The third-order valence-corrected chi connectivity index (χ3v) is 2.20. The van der Waals surface area contributed by atoms with Crippen molar-refractivity contribution in [2.24, 2.45) is 5.11 Å². The van der Waals surface area contributed by atoms with Crippen molar-refractivity contribution in [1.82, 2.24) is 0 Å². The molecule has 0 aromatic heterocycles. The molecule has 12 heteroatoms. The average Bonchev–Trinajstić information content (AvgIpc) is 2.29. The highest BCUT2D eigenvalue weighted by atomic mass is 31.2. The summed E-state index contributed by atoms with van der Waals surface area (Å²) in [7, 11) is -4.85. The number of carbonyl (C=O) groups is 1. The van der Waals surface area contributed by atoms with Crippen LogP contribution < -0.4 is 0 Å². The molecule has 0 spiro atoms. The van der Waals surface area contributed by atoms with Gasteiger partial charge in [0.2, 0.25) is 0 Å². The lowest BCUT2D eigenvalue weighted by Crippen LogP contribution is -2.43. The fourth-order valence-electron chi connectivity index (χ4n) is 0.857. The molecule has 5 N–H and O–H groups in total. The van der Waals surface area contributed by atoms with E-state index < -0.39 is 45.1 Å². The summed E-state index contributed by atoms with van der Waals surface area (Å²) in [4.78, 5) is 30.1. The Morgan fingerprint density at radius 3 is 2.39 bits per heavy atom. The normalized spacial score (nSPS) is 16.5. The number of ketones is 1. The van der Waals surface area contributed by atoms with E-state index in [0.717, 1.165) is 0 Å². The summed E-state index contributed by atoms with van der Waals surface area (Å²) in [6, 6.07) is 0. The van der Waals surface area contributed by atoms with Crippen molar-refractivity contribution in [3.8, 4) is 0 Å². The van der Waals surface area contributed by atoms with E-state index in [1.165, 1.54) is 0 Å². The Morgan fingerprint density at radius 2 is 1.94 bits per heavy atom. The van der Waals surface area contributed by atoms with Crippen LogP contribution in [-0.4, -0.2) is 62.4 Å². The van der Waals surface area contributed by atoms with Crippen LogP contribution in [0.4, 0.5) is 0 Å². The van der Waals surface area contributed by atoms with Gasteiger partial charge in [-0.2, -0.15) is 0 Å². The molecule has 0 aromatic rings. The van der Waals surface area contributed by atoms with Crippen molar-refractivity contribution in [1.29, 1.82) is 0 Å². The van der Waals surface area contributed by atoms with Gasteiger partial charge >= 0.3 is 7.82 Å². The number of aliphatic hydroxyl groups is 3. The van der Waals surface area contributed by atoms with Crippen molar-refractivity contribution in [2.45, 2.75) is 18.3 Å². The van der Waals surface area contributed by atoms with Crippen molar-refractivity contribution in [3.63, 3.8) is 0 Å². The minimum atomic E-state index is -4.85. The number of azide groups is 1. The monoisotopic (exact) mass is 285 g/mol. The summed E-state index contributed by atoms with van der Waals surface area (Å²) in [5.41, 5.74) is 7.94. The molecule has 0 saturated carbocycles. The van der Waals surface area contributed by atoms with Gasteiger partial charge in [-0.3, -0.25) is 9.32 Å². The molecule has 0 rings (SSSR count). The van der Waals surface area contributed by atoms with E-state index in [1.807, 2.05) is 0 Å². The van der Waals surface area contributed by atoms with Gasteiger partial charge in [0.25, 0.3) is 0 Å². The summed E-state index contributed by atoms with van der Waals surface area (Å²) in [5.74, 6) is -1.32. The fraction of sp³-hybridized carbons (Fsp3) is 0.833. The van der Waals surface area contributed by atoms with E-state index in [9.17, 15) is 14.5 Å². The smallest absolute Gasteiger partial charge is 0.390 e. The van der Waals surface area contributed by atoms with Gasteiger partial charge in [-0.1, -0.05) is 5.11 Å². The van der Waals surface area contributed by atoms with Crippen molar-refractivity contribution < 1.29 is 39.0 Å². The predicted octanol–water partition coefficient (Wildman–Crippen LogP) is -1.94. The second-order valence-corrected chi connectivity index (χ2v) is 4.37. The number of nitrogens with zero attached hydrogens (tertiary/aromatic N) is 3. The van der Waals surface area contributed by atoms with Crippen LogP contribution in [0.2, 0.25) is 0 Å². The molecule has 0 fully saturated rings. The summed E-state index contributed by atoms with van der Waals surface area (Å²) >= 11 is 0. The van der Waals surface area contributed by atoms with E-state index in [4.69, 9.17) is 25.5 Å². The first-order valence-corrected chi connectivity index (χ1v) is 6.01. The third kappa shape index (κ3) is 6.64. The van der Waals surface area contributed by atoms with Gasteiger partial charge in [0, 0.05) is 4.91 Å². The number of rotatable bonds is 8. The molecule has 0 amide bonds. The van der Waals surface area contributed by atoms with Gasteiger partial charge in [0.1, 0.15) is 12.2 Å². The zero-order valence-corrected chi connectivity index (χ0v) is 9.79. The molecule has 0 bridgehead atoms. The van der Waals surface area contributed by atoms with E-state index in [0.29, 0.717) is 0 Å². The van der Waals surface area contributed by atoms with E-state index in [1.54, 1.807) is 0 Å². The van der Waals surface area contributed by atoms with Gasteiger partial charge in [0.15, 0.2) is 5.78 Å². The Balaban J connectivity index is 4.35. The average molecular weight is 285 g/mol. The topological polar surface area (TPSA) is 193 Å². The van der Waals surface area contributed by atoms with E-state index in [-0.39, 0.29) is 0 Å². The second-order valence-electron chi connectivity index (χ2n) is 3.13. The minimum absolute atomic E-state index is 0.602. The number of aliphatic hydroxyl groups excluding tert-OH is 3. The van der Waals surface area contributed by atoms with Crippen LogP contribution in [0.5, 0.6) is 0 Å². The van der Waals surface area contributed by atoms with E-state index >= 15 is 0 Å². The van der Waals surface area contributed by atoms with Gasteiger partial charge in [0.05, 0.1) is 19.3 Å². The molecule has 104 valence electrons. The van der Waals surface area contributed by atoms with Crippen LogP contribution in [0.15, 0.2) is 5.11 Å². The summed E-state index contributed by atoms with van der Waals surface area (Å²) in [6.45, 7) is -1.65. The lowest BCUT2D eigenvalue weighted by atomic mass is 10.1. The van der Waals surface area contributed by atoms with Crippen molar-refractivity contribution >= 4 is 13.6 Å². The lowest BCUT2D eigenvalue weighted by Gasteiger charge is -2.18. The molecular formula is C6H12N3O8P. The van der Waals surface area contributed by atoms with Crippen LogP contribution in [-0.2, 0) is 13.9 Å². The molecule has 0 saturated heterocycles. The molecule has 0 aliphatic carbocycles. The predicted molar refractivity (Wildman–Crippen MR) is 55.0 cm³/mol. The van der Waals surface area contributed by atoms with Gasteiger partial charge in [-0.15, -0.1) is 0 Å². The molecule has 3 atom stereocenters. The summed E-state index contributed by atoms with van der Waals surface area (Å²) in [6.07, 6.45) is -5.84. The van der Waals surface area contributed by atoms with Crippen LogP contribution in [0.3, 0.4) is 0 Å². The molecule has 11 nitrogen and oxygen atoms in total. The Labute approximate surface area is 100 Å². The zero-order valence-electron chi connectivity index (χ0n) is 8.90. The molecule has 0 aromatic carbocycles. The largest absolute Gasteiger partial charge is 0.469 e. The van der Waals surface area contributed by atoms with Gasteiger partial charge in [-0.05, 0) is 5.53 Å². The van der Waals surface area contributed by atoms with E-state index in [2.05, 4.69) is 14.5 Å². The first-order chi connectivity index (χ1) is 8.19. The second kappa shape index (κ2) is 7.41. The number of phosphoric acid groups is 1. The number of hydrogen-bond acceptors (Lipinski definition) is 7. The van der Waals surface area contributed by atoms with Crippen LogP contribution in [0.1, 0.15) is 0 Å². The number of carbonyl (C=O) groups excluding carboxylic acids is 1. The van der Waals surface area contributed by atoms with Crippen LogP contribution >= 0.6 is 7.82 Å². The highest BCUT2D eigenvalue weighted by Crippen LogP contribution is 2.35. The SMILES string of the molecule is [N-]=[N+]=NCC(O)C(O)C(=O)C(O)COP(=O)(O)O. The Morgan fingerprint density at radius 1 is 1.39 bits per heavy atom. The fourth-order valence-corrected chi connectivity index (χ4v) is 1.19. The lowest BCUT2D eigenvalue weighted by molar-refractivity contribution is -0.142. The standard InChI is InChI=1S/C6H12N3O8P/c7-9-8-1-3(10)5(12)6(13)4(11)2-17-18(14,15)16/h3-5,10-12H,1-2H2,(H2,14,15,16). The molecule has 0 aliphatic rings. The molecule has 3 unspecified atom stereocenters. The van der Waals surface area contributed by atoms with Crippen molar-refractivity contribution in [3.05, 3.63) is 10.4 Å². The first kappa shape index (κ1) is 17.0. The van der Waals surface area contributed by atoms with Crippen LogP contribution in [0, 0.1) is 0 Å². The Kier molecular flexibility index (Phi) is 6.99.